The van der Waals surface area contributed by atoms with Gasteiger partial charge < -0.3 is 14.7 Å². The van der Waals surface area contributed by atoms with Crippen LogP contribution in [-0.4, -0.2) is 5.54 Å². The van der Waals surface area contributed by atoms with Crippen LogP contribution < -0.4 is 30.6 Å². The lowest BCUT2D eigenvalue weighted by atomic mass is 9.61. The van der Waals surface area contributed by atoms with Gasteiger partial charge in [-0.25, -0.2) is 0 Å². The van der Waals surface area contributed by atoms with Crippen molar-refractivity contribution in [3.63, 3.8) is 0 Å². The van der Waals surface area contributed by atoms with Crippen LogP contribution in [0.2, 0.25) is 0 Å². The summed E-state index contributed by atoms with van der Waals surface area (Å²) < 4.78 is 0. The van der Waals surface area contributed by atoms with Gasteiger partial charge in [-0.2, -0.15) is 0 Å². The van der Waals surface area contributed by atoms with E-state index in [4.69, 9.17) is 0 Å². The smallest absolute Gasteiger partial charge is 0.0569 e. The summed E-state index contributed by atoms with van der Waals surface area (Å²) in [5.74, 6) is 0. The first-order chi connectivity index (χ1) is 27.2. The third-order valence-electron chi connectivity index (χ3n) is 13.7. The Morgan fingerprint density at radius 1 is 0.607 bits per heavy atom. The fourth-order valence-electron chi connectivity index (χ4n) is 10.7. The molecule has 0 spiro atoms. The van der Waals surface area contributed by atoms with Gasteiger partial charge in [-0.15, -0.1) is 0 Å². The molecule has 0 aromatic heterocycles. The first-order valence-corrected chi connectivity index (χ1v) is 21.8. The Morgan fingerprint density at radius 3 is 2.11 bits per heavy atom. The normalized spacial score (nSPS) is 21.6. The summed E-state index contributed by atoms with van der Waals surface area (Å²) in [6.07, 6.45) is 5.00. The van der Waals surface area contributed by atoms with E-state index in [0.717, 1.165) is 11.4 Å². The average molecular weight is 746 g/mol. The van der Waals surface area contributed by atoms with E-state index in [1.54, 1.807) is 5.56 Å². The second-order valence-electron chi connectivity index (χ2n) is 17.8. The minimum absolute atomic E-state index is 0.00570. The third-order valence-corrected chi connectivity index (χ3v) is 16.3. The van der Waals surface area contributed by atoms with Gasteiger partial charge in [0, 0.05) is 43.8 Å². The highest BCUT2D eigenvalue weighted by Gasteiger charge is 2.61. The number of nitrogens with zero attached hydrogens (tertiary/aromatic N) is 3. The van der Waals surface area contributed by atoms with Crippen LogP contribution in [0.5, 0.6) is 0 Å². The van der Waals surface area contributed by atoms with Crippen LogP contribution in [0.15, 0.2) is 152 Å². The fraction of sp³-hybridized carbons (Fsp3) is 0.231. The summed E-state index contributed by atoms with van der Waals surface area (Å²) in [5, 5.41) is 6.92. The first kappa shape index (κ1) is 33.9. The zero-order valence-corrected chi connectivity index (χ0v) is 33.9. The molecule has 0 amide bonds. The number of hydrogen-bond donors (Lipinski definition) is 0. The average Bonchev–Trinajstić information content (AvgIpc) is 3.43. The number of fused-ring (bicyclic) bond motifs is 8. The van der Waals surface area contributed by atoms with E-state index < -0.39 is 7.92 Å². The highest BCUT2D eigenvalue weighted by atomic mass is 31.1. The summed E-state index contributed by atoms with van der Waals surface area (Å²) in [5.41, 5.74) is 13.2. The predicted octanol–water partition coefficient (Wildman–Crippen LogP) is 13.2. The highest BCUT2D eigenvalue weighted by Crippen LogP contribution is 2.66. The Bertz CT molecular complexity index is 2690. The number of para-hydroxylation sites is 3. The van der Waals surface area contributed by atoms with Crippen molar-refractivity contribution < 1.29 is 0 Å². The molecule has 3 atom stereocenters. The molecule has 1 fully saturated rings. The Hall–Kier alpha value is -5.37. The van der Waals surface area contributed by atoms with Gasteiger partial charge in [0.15, 0.2) is 0 Å². The molecule has 3 aliphatic heterocycles. The monoisotopic (exact) mass is 745 g/mol. The molecule has 276 valence electrons. The van der Waals surface area contributed by atoms with Gasteiger partial charge in [-0.05, 0) is 110 Å². The zero-order valence-electron chi connectivity index (χ0n) is 33.1. The van der Waals surface area contributed by atoms with E-state index in [2.05, 4.69) is 201 Å². The van der Waals surface area contributed by atoms with Crippen molar-refractivity contribution in [2.45, 2.75) is 76.7 Å². The lowest BCUT2D eigenvalue weighted by molar-refractivity contribution is 0.195. The summed E-state index contributed by atoms with van der Waals surface area (Å²) >= 11 is 0. The molecule has 0 bridgehead atoms. The molecule has 1 saturated carbocycles. The molecule has 11 rings (SSSR count). The molecule has 1 aliphatic carbocycles. The maximum atomic E-state index is 2.87. The molecule has 0 radical (unpaired) electrons. The van der Waals surface area contributed by atoms with E-state index in [1.165, 1.54) is 92.1 Å². The standard InChI is InChI=1S/C52H48N3P/c1-50(2,3)36-32-44-49-45(33-36)55-48-41(51(4)30-14-15-31-52(51,55)5)25-17-27-47(48)56(49)46-29-28-39(34-43(46)54(44)38-22-10-7-11-23-38)53(37-20-8-6-9-21-37)42-26-16-19-35-18-12-13-24-40(35)42/h6-13,16-29,32-34H,14-15,30-31H2,1-5H3. The molecule has 7 aromatic rings. The van der Waals surface area contributed by atoms with Crippen molar-refractivity contribution in [1.82, 2.24) is 0 Å². The van der Waals surface area contributed by atoms with Gasteiger partial charge in [0.1, 0.15) is 0 Å². The number of anilines is 8. The Morgan fingerprint density at radius 2 is 1.30 bits per heavy atom. The van der Waals surface area contributed by atoms with Crippen LogP contribution in [0.25, 0.3) is 10.8 Å². The molecule has 3 heterocycles. The molecule has 0 N–H and O–H groups in total. The van der Waals surface area contributed by atoms with Crippen molar-refractivity contribution in [3.05, 3.63) is 163 Å². The van der Waals surface area contributed by atoms with Gasteiger partial charge in [0.25, 0.3) is 0 Å². The van der Waals surface area contributed by atoms with Crippen LogP contribution in [0.4, 0.5) is 45.5 Å². The van der Waals surface area contributed by atoms with E-state index in [9.17, 15) is 0 Å². The van der Waals surface area contributed by atoms with Crippen LogP contribution >= 0.6 is 7.92 Å². The van der Waals surface area contributed by atoms with Crippen molar-refractivity contribution in [3.8, 4) is 0 Å². The van der Waals surface area contributed by atoms with Crippen LogP contribution in [0, 0.1) is 0 Å². The lowest BCUT2D eigenvalue weighted by Crippen LogP contribution is -2.56. The Balaban J connectivity index is 1.23. The van der Waals surface area contributed by atoms with Crippen molar-refractivity contribution in [1.29, 1.82) is 0 Å². The van der Waals surface area contributed by atoms with Gasteiger partial charge >= 0.3 is 0 Å². The molecule has 56 heavy (non-hydrogen) atoms. The van der Waals surface area contributed by atoms with Crippen LogP contribution in [0.1, 0.15) is 71.4 Å². The zero-order chi connectivity index (χ0) is 38.0. The lowest BCUT2D eigenvalue weighted by Gasteiger charge is -2.53. The summed E-state index contributed by atoms with van der Waals surface area (Å²) in [7, 11) is -0.862. The molecule has 0 saturated heterocycles. The molecular weight excluding hydrogens is 698 g/mol. The largest absolute Gasteiger partial charge is 0.333 e. The quantitative estimate of drug-likeness (QED) is 0.166. The topological polar surface area (TPSA) is 9.72 Å². The van der Waals surface area contributed by atoms with E-state index in [0.29, 0.717) is 0 Å². The van der Waals surface area contributed by atoms with Crippen molar-refractivity contribution >= 4 is 80.1 Å². The maximum absolute atomic E-state index is 2.87. The van der Waals surface area contributed by atoms with Crippen molar-refractivity contribution in [2.24, 2.45) is 0 Å². The molecule has 4 heteroatoms. The minimum Gasteiger partial charge on any atom is -0.333 e. The minimum atomic E-state index is -0.862. The van der Waals surface area contributed by atoms with E-state index in [1.807, 2.05) is 0 Å². The van der Waals surface area contributed by atoms with Crippen LogP contribution in [-0.2, 0) is 10.8 Å². The second kappa shape index (κ2) is 12.1. The molecule has 4 aliphatic rings. The Labute approximate surface area is 333 Å². The van der Waals surface area contributed by atoms with E-state index in [-0.39, 0.29) is 16.4 Å². The fourth-order valence-corrected chi connectivity index (χ4v) is 13.5. The molecule has 3 nitrogen and oxygen atoms in total. The van der Waals surface area contributed by atoms with Gasteiger partial charge in [-0.3, -0.25) is 0 Å². The number of rotatable bonds is 4. The number of hydrogen-bond acceptors (Lipinski definition) is 3. The third kappa shape index (κ3) is 4.61. The summed E-state index contributed by atoms with van der Waals surface area (Å²) in [6, 6.07) is 57.3. The molecule has 3 unspecified atom stereocenters. The van der Waals surface area contributed by atoms with Gasteiger partial charge in [-0.1, -0.05) is 132 Å². The van der Waals surface area contributed by atoms with E-state index >= 15 is 0 Å². The molecular formula is C52H48N3P. The second-order valence-corrected chi connectivity index (χ2v) is 19.9. The highest BCUT2D eigenvalue weighted by molar-refractivity contribution is 7.81. The Kier molecular flexibility index (Phi) is 7.31. The summed E-state index contributed by atoms with van der Waals surface area (Å²) in [6.45, 7) is 12.3. The maximum Gasteiger partial charge on any atom is 0.0569 e. The van der Waals surface area contributed by atoms with Gasteiger partial charge in [0.05, 0.1) is 34.0 Å². The van der Waals surface area contributed by atoms with Crippen molar-refractivity contribution in [2.75, 3.05) is 14.7 Å². The summed E-state index contributed by atoms with van der Waals surface area (Å²) in [4.78, 5) is 7.93. The van der Waals surface area contributed by atoms with Gasteiger partial charge in [0.2, 0.25) is 0 Å². The SMILES string of the molecule is CC(C)(C)c1cc2c3c(c1)N1c4c(cccc4C4(C)CCCCC14C)P3c1ccc(N(c3ccccc3)c3cccc4ccccc34)cc1N2c1ccccc1. The molecule has 7 aromatic carbocycles. The predicted molar refractivity (Wildman–Crippen MR) is 241 cm³/mol. The number of benzene rings is 7. The first-order valence-electron chi connectivity index (χ1n) is 20.4. The van der Waals surface area contributed by atoms with Crippen LogP contribution in [0.3, 0.4) is 0 Å².